The molecule has 1 aromatic carbocycles. The molecule has 0 atom stereocenters. The number of benzene rings is 1. The van der Waals surface area contributed by atoms with Crippen LogP contribution in [0.5, 0.6) is 0 Å². The summed E-state index contributed by atoms with van der Waals surface area (Å²) >= 11 is 7.49. The molecule has 0 unspecified atom stereocenters. The van der Waals surface area contributed by atoms with Gasteiger partial charge in [-0.2, -0.15) is 0 Å². The van der Waals surface area contributed by atoms with Crippen LogP contribution in [0.3, 0.4) is 0 Å². The predicted octanol–water partition coefficient (Wildman–Crippen LogP) is 3.99. The predicted molar refractivity (Wildman–Crippen MR) is 97.6 cm³/mol. The standard InChI is InChI=1S/C18H21ClN2OS/c1-14-4-2-3-5-16(14)20-10-12-21(13-11-20)18(22)9-7-15-6-8-17(19)23-15/h2-6,8H,7,9-13H2,1H3. The Morgan fingerprint density at radius 3 is 2.52 bits per heavy atom. The Bertz CT molecular complexity index is 677. The summed E-state index contributed by atoms with van der Waals surface area (Å²) in [6.07, 6.45) is 1.36. The number of amides is 1. The molecule has 1 saturated heterocycles. The van der Waals surface area contributed by atoms with Crippen LogP contribution in [0.4, 0.5) is 5.69 Å². The number of rotatable bonds is 4. The van der Waals surface area contributed by atoms with E-state index in [2.05, 4.69) is 36.1 Å². The number of thiophene rings is 1. The molecular formula is C18H21ClN2OS. The molecule has 1 aliphatic rings. The molecule has 1 amide bonds. The zero-order valence-corrected chi connectivity index (χ0v) is 14.9. The number of anilines is 1. The molecule has 3 nitrogen and oxygen atoms in total. The molecule has 2 aromatic rings. The van der Waals surface area contributed by atoms with Crippen molar-refractivity contribution in [2.45, 2.75) is 19.8 Å². The summed E-state index contributed by atoms with van der Waals surface area (Å²) in [5.41, 5.74) is 2.58. The number of carbonyl (C=O) groups excluding carboxylic acids is 1. The van der Waals surface area contributed by atoms with Crippen molar-refractivity contribution in [1.82, 2.24) is 4.90 Å². The summed E-state index contributed by atoms with van der Waals surface area (Å²) in [4.78, 5) is 17.9. The van der Waals surface area contributed by atoms with Crippen LogP contribution in [0.25, 0.3) is 0 Å². The topological polar surface area (TPSA) is 23.6 Å². The van der Waals surface area contributed by atoms with Crippen molar-refractivity contribution in [2.24, 2.45) is 0 Å². The minimum absolute atomic E-state index is 0.249. The molecule has 122 valence electrons. The van der Waals surface area contributed by atoms with E-state index in [1.807, 2.05) is 17.0 Å². The molecule has 0 bridgehead atoms. The fraction of sp³-hybridized carbons (Fsp3) is 0.389. The van der Waals surface area contributed by atoms with Crippen molar-refractivity contribution >= 4 is 34.5 Å². The maximum Gasteiger partial charge on any atom is 0.223 e. The van der Waals surface area contributed by atoms with Crippen molar-refractivity contribution in [2.75, 3.05) is 31.1 Å². The van der Waals surface area contributed by atoms with Gasteiger partial charge in [0.15, 0.2) is 0 Å². The number of halogens is 1. The van der Waals surface area contributed by atoms with Gasteiger partial charge in [0.05, 0.1) is 4.34 Å². The second-order valence-corrected chi connectivity index (χ2v) is 7.66. The van der Waals surface area contributed by atoms with E-state index in [1.165, 1.54) is 16.1 Å². The Labute approximate surface area is 146 Å². The Hall–Kier alpha value is -1.52. The lowest BCUT2D eigenvalue weighted by molar-refractivity contribution is -0.131. The Morgan fingerprint density at radius 2 is 1.87 bits per heavy atom. The highest BCUT2D eigenvalue weighted by molar-refractivity contribution is 7.16. The quantitative estimate of drug-likeness (QED) is 0.834. The summed E-state index contributed by atoms with van der Waals surface area (Å²) in [5.74, 6) is 0.249. The first-order valence-corrected chi connectivity index (χ1v) is 9.15. The summed E-state index contributed by atoms with van der Waals surface area (Å²) < 4.78 is 0.791. The molecule has 2 heterocycles. The van der Waals surface area contributed by atoms with E-state index in [0.29, 0.717) is 6.42 Å². The van der Waals surface area contributed by atoms with Gasteiger partial charge in [0.1, 0.15) is 0 Å². The minimum atomic E-state index is 0.249. The third kappa shape index (κ3) is 4.06. The Balaban J connectivity index is 1.50. The van der Waals surface area contributed by atoms with Crippen LogP contribution in [0.2, 0.25) is 4.34 Å². The first-order valence-electron chi connectivity index (χ1n) is 7.96. The summed E-state index contributed by atoms with van der Waals surface area (Å²) in [7, 11) is 0. The molecular weight excluding hydrogens is 328 g/mol. The van der Waals surface area contributed by atoms with Crippen molar-refractivity contribution in [3.63, 3.8) is 0 Å². The molecule has 0 radical (unpaired) electrons. The molecule has 1 aromatic heterocycles. The number of para-hydroxylation sites is 1. The highest BCUT2D eigenvalue weighted by atomic mass is 35.5. The second kappa shape index (κ2) is 7.37. The van der Waals surface area contributed by atoms with Crippen LogP contribution in [0.15, 0.2) is 36.4 Å². The molecule has 1 aliphatic heterocycles. The Kier molecular flexibility index (Phi) is 5.23. The third-order valence-corrected chi connectivity index (χ3v) is 5.59. The van der Waals surface area contributed by atoms with Crippen LogP contribution >= 0.6 is 22.9 Å². The molecule has 0 aliphatic carbocycles. The van der Waals surface area contributed by atoms with Gasteiger partial charge >= 0.3 is 0 Å². The van der Waals surface area contributed by atoms with Gasteiger partial charge in [0.25, 0.3) is 0 Å². The van der Waals surface area contributed by atoms with Gasteiger partial charge < -0.3 is 9.80 Å². The van der Waals surface area contributed by atoms with Gasteiger partial charge in [-0.25, -0.2) is 0 Å². The molecule has 5 heteroatoms. The van der Waals surface area contributed by atoms with Gasteiger partial charge in [-0.15, -0.1) is 11.3 Å². The van der Waals surface area contributed by atoms with E-state index >= 15 is 0 Å². The third-order valence-electron chi connectivity index (χ3n) is 4.30. The fourth-order valence-corrected chi connectivity index (χ4v) is 4.08. The molecule has 23 heavy (non-hydrogen) atoms. The van der Waals surface area contributed by atoms with Crippen molar-refractivity contribution < 1.29 is 4.79 Å². The number of piperazine rings is 1. The summed E-state index contributed by atoms with van der Waals surface area (Å²) in [6, 6.07) is 12.3. The largest absolute Gasteiger partial charge is 0.368 e. The van der Waals surface area contributed by atoms with E-state index in [1.54, 1.807) is 11.3 Å². The summed E-state index contributed by atoms with van der Waals surface area (Å²) in [5, 5.41) is 0. The maximum absolute atomic E-state index is 12.4. The van der Waals surface area contributed by atoms with Crippen LogP contribution in [-0.2, 0) is 11.2 Å². The molecule has 0 spiro atoms. The normalized spacial score (nSPS) is 15.0. The lowest BCUT2D eigenvalue weighted by Gasteiger charge is -2.36. The zero-order chi connectivity index (χ0) is 16.2. The molecule has 1 fully saturated rings. The summed E-state index contributed by atoms with van der Waals surface area (Å²) in [6.45, 7) is 5.55. The van der Waals surface area contributed by atoms with Gasteiger partial charge in [0.2, 0.25) is 5.91 Å². The average molecular weight is 349 g/mol. The number of hydrogen-bond donors (Lipinski definition) is 0. The lowest BCUT2D eigenvalue weighted by Crippen LogP contribution is -2.49. The van der Waals surface area contributed by atoms with Crippen molar-refractivity contribution in [1.29, 1.82) is 0 Å². The van der Waals surface area contributed by atoms with E-state index < -0.39 is 0 Å². The second-order valence-electron chi connectivity index (χ2n) is 5.86. The number of aryl methyl sites for hydroxylation is 2. The minimum Gasteiger partial charge on any atom is -0.368 e. The van der Waals surface area contributed by atoms with Crippen LogP contribution in [-0.4, -0.2) is 37.0 Å². The van der Waals surface area contributed by atoms with E-state index in [9.17, 15) is 4.79 Å². The van der Waals surface area contributed by atoms with Crippen molar-refractivity contribution in [3.05, 3.63) is 51.2 Å². The first kappa shape index (κ1) is 16.3. The molecule has 0 saturated carbocycles. The molecule has 3 rings (SSSR count). The van der Waals surface area contributed by atoms with Gasteiger partial charge in [-0.05, 0) is 37.1 Å². The number of nitrogens with zero attached hydrogens (tertiary/aromatic N) is 2. The Morgan fingerprint density at radius 1 is 1.13 bits per heavy atom. The highest BCUT2D eigenvalue weighted by Crippen LogP contribution is 2.23. The highest BCUT2D eigenvalue weighted by Gasteiger charge is 2.21. The maximum atomic E-state index is 12.4. The zero-order valence-electron chi connectivity index (χ0n) is 13.3. The van der Waals surface area contributed by atoms with Crippen LogP contribution in [0.1, 0.15) is 16.9 Å². The average Bonchev–Trinajstić information content (AvgIpc) is 2.99. The van der Waals surface area contributed by atoms with Gasteiger partial charge in [-0.1, -0.05) is 29.8 Å². The van der Waals surface area contributed by atoms with Crippen LogP contribution in [0, 0.1) is 6.92 Å². The smallest absolute Gasteiger partial charge is 0.223 e. The van der Waals surface area contributed by atoms with Gasteiger partial charge in [-0.3, -0.25) is 4.79 Å². The van der Waals surface area contributed by atoms with Crippen molar-refractivity contribution in [3.8, 4) is 0 Å². The van der Waals surface area contributed by atoms with E-state index in [4.69, 9.17) is 11.6 Å². The SMILES string of the molecule is Cc1ccccc1N1CCN(C(=O)CCc2ccc(Cl)s2)CC1. The van der Waals surface area contributed by atoms with E-state index in [0.717, 1.165) is 36.9 Å². The number of hydrogen-bond acceptors (Lipinski definition) is 3. The first-order chi connectivity index (χ1) is 11.1. The van der Waals surface area contributed by atoms with E-state index in [-0.39, 0.29) is 5.91 Å². The monoisotopic (exact) mass is 348 g/mol. The molecule has 0 N–H and O–H groups in total. The lowest BCUT2D eigenvalue weighted by atomic mass is 10.1. The fourth-order valence-electron chi connectivity index (χ4n) is 2.99. The number of carbonyl (C=O) groups is 1. The van der Waals surface area contributed by atoms with Gasteiger partial charge in [0, 0.05) is 43.2 Å². The van der Waals surface area contributed by atoms with Crippen LogP contribution < -0.4 is 4.90 Å².